The summed E-state index contributed by atoms with van der Waals surface area (Å²) in [6.07, 6.45) is 13.0. The van der Waals surface area contributed by atoms with Gasteiger partial charge in [-0.2, -0.15) is 0 Å². The van der Waals surface area contributed by atoms with Crippen LogP contribution in [0.2, 0.25) is 0 Å². The molecule has 0 heterocycles. The third-order valence-corrected chi connectivity index (χ3v) is 6.61. The monoisotopic (exact) mass is 396 g/mol. The van der Waals surface area contributed by atoms with E-state index in [-0.39, 0.29) is 0 Å². The average molecular weight is 397 g/mol. The van der Waals surface area contributed by atoms with Gasteiger partial charge in [-0.25, -0.2) is 0 Å². The van der Waals surface area contributed by atoms with Crippen LogP contribution in [0.1, 0.15) is 76.3 Å². The molecule has 156 valence electrons. The van der Waals surface area contributed by atoms with Gasteiger partial charge in [-0.05, 0) is 93.4 Å². The number of aryl methyl sites for hydroxylation is 2. The molecule has 0 aliphatic rings. The van der Waals surface area contributed by atoms with Crippen LogP contribution in [0.3, 0.4) is 0 Å². The van der Waals surface area contributed by atoms with Gasteiger partial charge in [0.05, 0.1) is 0 Å². The van der Waals surface area contributed by atoms with Crippen LogP contribution in [0, 0.1) is 0 Å². The van der Waals surface area contributed by atoms with Crippen molar-refractivity contribution >= 4 is 32.3 Å². The van der Waals surface area contributed by atoms with Crippen LogP contribution in [0.15, 0.2) is 60.7 Å². The third-order valence-electron chi connectivity index (χ3n) is 6.61. The molecule has 30 heavy (non-hydrogen) atoms. The molecule has 0 amide bonds. The molecule has 4 aromatic rings. The molecular weight excluding hydrogens is 360 g/mol. The molecule has 4 rings (SSSR count). The van der Waals surface area contributed by atoms with E-state index in [9.17, 15) is 0 Å². The van der Waals surface area contributed by atoms with E-state index in [1.165, 1.54) is 108 Å². The lowest BCUT2D eigenvalue weighted by Gasteiger charge is -2.11. The molecule has 4 aromatic carbocycles. The molecule has 0 fully saturated rings. The molecule has 0 atom stereocenters. The molecule has 0 aliphatic carbocycles. The first-order valence-electron chi connectivity index (χ1n) is 12.2. The first kappa shape index (κ1) is 20.9. The van der Waals surface area contributed by atoms with Crippen LogP contribution in [-0.2, 0) is 12.8 Å². The number of fused-ring (bicyclic) bond motifs is 3. The fourth-order valence-electron chi connectivity index (χ4n) is 4.85. The normalized spacial score (nSPS) is 11.7. The molecule has 0 radical (unpaired) electrons. The molecule has 0 aliphatic heterocycles. The lowest BCUT2D eigenvalue weighted by molar-refractivity contribution is 0.668. The summed E-state index contributed by atoms with van der Waals surface area (Å²) in [7, 11) is 0. The van der Waals surface area contributed by atoms with Crippen molar-refractivity contribution in [1.82, 2.24) is 0 Å². The van der Waals surface area contributed by atoms with Crippen LogP contribution in [0.25, 0.3) is 32.3 Å². The Balaban J connectivity index is 1.70. The number of hydrogen-bond donors (Lipinski definition) is 0. The second-order valence-corrected chi connectivity index (χ2v) is 8.95. The van der Waals surface area contributed by atoms with Gasteiger partial charge >= 0.3 is 0 Å². The molecule has 0 aromatic heterocycles. The largest absolute Gasteiger partial charge is 0.0654 e. The van der Waals surface area contributed by atoms with E-state index in [1.807, 2.05) is 0 Å². The zero-order valence-corrected chi connectivity index (χ0v) is 18.8. The molecule has 0 unspecified atom stereocenters. The smallest absolute Gasteiger partial charge is 0.0146 e. The zero-order valence-electron chi connectivity index (χ0n) is 18.8. The summed E-state index contributed by atoms with van der Waals surface area (Å²) in [5.74, 6) is 0. The Hall–Kier alpha value is -2.34. The van der Waals surface area contributed by atoms with Crippen molar-refractivity contribution in [3.8, 4) is 0 Å². The minimum atomic E-state index is 1.19. The van der Waals surface area contributed by atoms with Gasteiger partial charge in [0, 0.05) is 0 Å². The van der Waals surface area contributed by atoms with Crippen molar-refractivity contribution in [3.63, 3.8) is 0 Å². The Morgan fingerprint density at radius 2 is 0.933 bits per heavy atom. The number of benzene rings is 4. The number of hydrogen-bond acceptors (Lipinski definition) is 0. The van der Waals surface area contributed by atoms with Crippen molar-refractivity contribution in [2.24, 2.45) is 0 Å². The Bertz CT molecular complexity index is 1030. The first-order chi connectivity index (χ1) is 14.8. The summed E-state index contributed by atoms with van der Waals surface area (Å²) in [5, 5.41) is 8.40. The summed E-state index contributed by atoms with van der Waals surface area (Å²) < 4.78 is 0. The summed E-state index contributed by atoms with van der Waals surface area (Å²) in [4.78, 5) is 0. The van der Waals surface area contributed by atoms with Crippen molar-refractivity contribution in [3.05, 3.63) is 71.8 Å². The highest BCUT2D eigenvalue weighted by atomic mass is 14.1. The minimum Gasteiger partial charge on any atom is -0.0654 e. The van der Waals surface area contributed by atoms with Crippen LogP contribution in [-0.4, -0.2) is 0 Å². The van der Waals surface area contributed by atoms with Crippen molar-refractivity contribution in [2.75, 3.05) is 0 Å². The highest BCUT2D eigenvalue weighted by Gasteiger charge is 2.07. The van der Waals surface area contributed by atoms with Crippen LogP contribution in [0.5, 0.6) is 0 Å². The van der Waals surface area contributed by atoms with Crippen molar-refractivity contribution in [1.29, 1.82) is 0 Å². The van der Waals surface area contributed by atoms with E-state index in [4.69, 9.17) is 0 Å². The van der Waals surface area contributed by atoms with E-state index in [2.05, 4.69) is 74.5 Å². The van der Waals surface area contributed by atoms with Gasteiger partial charge < -0.3 is 0 Å². The standard InChI is InChI=1S/C30H36/c1-3-5-7-9-13-23-15-11-17-25-19-28-22-30-24(14-10-8-6-4-2)16-12-18-26(30)20-27(28)21-29(23)25/h11-12,15-22H,3-10,13-14H2,1-2H3. The maximum Gasteiger partial charge on any atom is -0.0146 e. The summed E-state index contributed by atoms with van der Waals surface area (Å²) in [5.41, 5.74) is 3.02. The van der Waals surface area contributed by atoms with Gasteiger partial charge in [-0.1, -0.05) is 88.8 Å². The summed E-state index contributed by atoms with van der Waals surface area (Å²) in [6, 6.07) is 23.4. The van der Waals surface area contributed by atoms with E-state index in [1.54, 1.807) is 0 Å². The third kappa shape index (κ3) is 4.69. The highest BCUT2D eigenvalue weighted by molar-refractivity contribution is 6.06. The molecule has 0 spiro atoms. The fraction of sp³-hybridized carbons (Fsp3) is 0.400. The van der Waals surface area contributed by atoms with E-state index >= 15 is 0 Å². The Morgan fingerprint density at radius 1 is 0.467 bits per heavy atom. The van der Waals surface area contributed by atoms with Gasteiger partial charge in [0.1, 0.15) is 0 Å². The van der Waals surface area contributed by atoms with E-state index in [0.717, 1.165) is 0 Å². The average Bonchev–Trinajstić information content (AvgIpc) is 2.77. The lowest BCUT2D eigenvalue weighted by Crippen LogP contribution is -1.90. The predicted molar refractivity (Wildman–Crippen MR) is 135 cm³/mol. The van der Waals surface area contributed by atoms with Crippen LogP contribution >= 0.6 is 0 Å². The quantitative estimate of drug-likeness (QED) is 0.185. The Labute approximate surface area is 182 Å². The van der Waals surface area contributed by atoms with Gasteiger partial charge in [0.25, 0.3) is 0 Å². The topological polar surface area (TPSA) is 0 Å². The molecule has 0 saturated carbocycles. The highest BCUT2D eigenvalue weighted by Crippen LogP contribution is 2.31. The van der Waals surface area contributed by atoms with E-state index < -0.39 is 0 Å². The number of rotatable bonds is 10. The van der Waals surface area contributed by atoms with Crippen molar-refractivity contribution < 1.29 is 0 Å². The fourth-order valence-corrected chi connectivity index (χ4v) is 4.85. The predicted octanol–water partition coefficient (Wildman–Crippen LogP) is 9.39. The van der Waals surface area contributed by atoms with Gasteiger partial charge in [-0.3, -0.25) is 0 Å². The summed E-state index contributed by atoms with van der Waals surface area (Å²) >= 11 is 0. The van der Waals surface area contributed by atoms with Crippen LogP contribution < -0.4 is 0 Å². The lowest BCUT2D eigenvalue weighted by atomic mass is 9.93. The second-order valence-electron chi connectivity index (χ2n) is 8.95. The Morgan fingerprint density at radius 3 is 1.37 bits per heavy atom. The van der Waals surface area contributed by atoms with Crippen molar-refractivity contribution in [2.45, 2.75) is 78.1 Å². The molecular formula is C30H36. The van der Waals surface area contributed by atoms with Gasteiger partial charge in [0.15, 0.2) is 0 Å². The summed E-state index contributed by atoms with van der Waals surface area (Å²) in [6.45, 7) is 4.57. The Kier molecular flexibility index (Phi) is 7.05. The maximum absolute atomic E-state index is 2.44. The molecule has 0 bridgehead atoms. The number of unbranched alkanes of at least 4 members (excludes halogenated alkanes) is 6. The second kappa shape index (κ2) is 10.1. The van der Waals surface area contributed by atoms with Gasteiger partial charge in [-0.15, -0.1) is 0 Å². The molecule has 0 heteroatoms. The zero-order chi connectivity index (χ0) is 20.8. The SMILES string of the molecule is CCCCCCc1cccc2cc3cc4c(CCCCCC)cccc4cc3cc12. The van der Waals surface area contributed by atoms with E-state index in [0.29, 0.717) is 0 Å². The maximum atomic E-state index is 2.44. The molecule has 0 nitrogen and oxygen atoms in total. The first-order valence-corrected chi connectivity index (χ1v) is 12.2. The molecule has 0 N–H and O–H groups in total. The van der Waals surface area contributed by atoms with Gasteiger partial charge in [0.2, 0.25) is 0 Å². The van der Waals surface area contributed by atoms with Crippen LogP contribution in [0.4, 0.5) is 0 Å². The molecule has 0 saturated heterocycles. The minimum absolute atomic E-state index is 1.19.